The second-order valence-corrected chi connectivity index (χ2v) is 6.40. The summed E-state index contributed by atoms with van der Waals surface area (Å²) >= 11 is 0. The molecule has 1 unspecified atom stereocenters. The molecule has 2 rings (SSSR count). The van der Waals surface area contributed by atoms with Gasteiger partial charge in [0.2, 0.25) is 0 Å². The minimum absolute atomic E-state index is 0.215. The third kappa shape index (κ3) is 3.71. The number of benzene rings is 2. The molecule has 0 saturated carbocycles. The molecule has 0 amide bonds. The molecular weight excluding hydrogens is 242 g/mol. The van der Waals surface area contributed by atoms with Crippen LogP contribution < -0.4 is 5.32 Å². The van der Waals surface area contributed by atoms with Crippen LogP contribution in [0.15, 0.2) is 54.6 Å². The summed E-state index contributed by atoms with van der Waals surface area (Å²) in [6, 6.07) is 20.0. The highest BCUT2D eigenvalue weighted by Crippen LogP contribution is 2.25. The van der Waals surface area contributed by atoms with E-state index < -0.39 is 0 Å². The van der Waals surface area contributed by atoms with Gasteiger partial charge in [-0.05, 0) is 35.6 Å². The van der Waals surface area contributed by atoms with Crippen molar-refractivity contribution in [1.82, 2.24) is 5.32 Å². The zero-order valence-electron chi connectivity index (χ0n) is 13.0. The van der Waals surface area contributed by atoms with Crippen LogP contribution in [0.3, 0.4) is 0 Å². The first-order valence-corrected chi connectivity index (χ1v) is 7.32. The lowest BCUT2D eigenvalue weighted by atomic mass is 9.86. The maximum Gasteiger partial charge on any atom is 0.0358 e. The van der Waals surface area contributed by atoms with Gasteiger partial charge in [0.15, 0.2) is 0 Å². The first-order valence-electron chi connectivity index (χ1n) is 7.32. The van der Waals surface area contributed by atoms with Gasteiger partial charge in [-0.2, -0.15) is 0 Å². The van der Waals surface area contributed by atoms with E-state index in [0.29, 0.717) is 6.04 Å². The third-order valence-electron chi connectivity index (χ3n) is 3.81. The van der Waals surface area contributed by atoms with Gasteiger partial charge in [0, 0.05) is 6.04 Å². The average molecular weight is 267 g/mol. The second kappa shape index (κ2) is 6.23. The molecule has 20 heavy (non-hydrogen) atoms. The lowest BCUT2D eigenvalue weighted by Gasteiger charge is -2.21. The van der Waals surface area contributed by atoms with Gasteiger partial charge in [0.1, 0.15) is 0 Å². The number of nitrogens with one attached hydrogen (secondary N) is 1. The number of hydrogen-bond donors (Lipinski definition) is 1. The number of likely N-dealkylation sites (N-methyl/N-ethyl adjacent to an activating group) is 1. The fourth-order valence-electron chi connectivity index (χ4n) is 2.45. The Balaban J connectivity index is 2.16. The third-order valence-corrected chi connectivity index (χ3v) is 3.81. The smallest absolute Gasteiger partial charge is 0.0358 e. The zero-order valence-corrected chi connectivity index (χ0v) is 13.0. The fourth-order valence-corrected chi connectivity index (χ4v) is 2.45. The summed E-state index contributed by atoms with van der Waals surface area (Å²) in [6.45, 7) is 6.75. The summed E-state index contributed by atoms with van der Waals surface area (Å²) in [7, 11) is 2.03. The molecule has 2 aromatic rings. The van der Waals surface area contributed by atoms with Gasteiger partial charge >= 0.3 is 0 Å². The molecule has 0 aliphatic carbocycles. The van der Waals surface area contributed by atoms with Crippen molar-refractivity contribution >= 4 is 0 Å². The van der Waals surface area contributed by atoms with E-state index in [1.807, 2.05) is 7.05 Å². The van der Waals surface area contributed by atoms with Gasteiger partial charge in [-0.15, -0.1) is 0 Å². The Hall–Kier alpha value is -1.60. The predicted octanol–water partition coefficient (Wildman–Crippen LogP) is 4.49. The number of rotatable bonds is 4. The van der Waals surface area contributed by atoms with Crippen molar-refractivity contribution in [3.05, 3.63) is 71.3 Å². The summed E-state index contributed by atoms with van der Waals surface area (Å²) in [5.41, 5.74) is 4.32. The zero-order chi connectivity index (χ0) is 14.6. The molecule has 1 heteroatoms. The van der Waals surface area contributed by atoms with Crippen molar-refractivity contribution < 1.29 is 0 Å². The van der Waals surface area contributed by atoms with Crippen LogP contribution in [-0.4, -0.2) is 7.05 Å². The fraction of sp³-hybridized carbons (Fsp3) is 0.368. The molecule has 1 nitrogen and oxygen atoms in total. The van der Waals surface area contributed by atoms with Crippen LogP contribution in [0.4, 0.5) is 0 Å². The largest absolute Gasteiger partial charge is 0.313 e. The molecule has 0 heterocycles. The van der Waals surface area contributed by atoms with E-state index in [9.17, 15) is 0 Å². The van der Waals surface area contributed by atoms with Crippen LogP contribution >= 0.6 is 0 Å². The monoisotopic (exact) mass is 267 g/mol. The van der Waals surface area contributed by atoms with Crippen LogP contribution in [-0.2, 0) is 11.8 Å². The van der Waals surface area contributed by atoms with E-state index in [1.165, 1.54) is 16.7 Å². The lowest BCUT2D eigenvalue weighted by molar-refractivity contribution is 0.580. The summed E-state index contributed by atoms with van der Waals surface area (Å²) in [6.07, 6.45) is 1.02. The highest BCUT2D eigenvalue weighted by Gasteiger charge is 2.15. The maximum absolute atomic E-state index is 3.43. The summed E-state index contributed by atoms with van der Waals surface area (Å²) < 4.78 is 0. The van der Waals surface area contributed by atoms with Gasteiger partial charge in [-0.25, -0.2) is 0 Å². The van der Waals surface area contributed by atoms with Crippen molar-refractivity contribution in [2.75, 3.05) is 7.05 Å². The highest BCUT2D eigenvalue weighted by molar-refractivity contribution is 5.30. The average Bonchev–Trinajstić information content (AvgIpc) is 2.45. The molecule has 0 spiro atoms. The van der Waals surface area contributed by atoms with Crippen molar-refractivity contribution in [3.8, 4) is 0 Å². The lowest BCUT2D eigenvalue weighted by Crippen LogP contribution is -2.19. The van der Waals surface area contributed by atoms with Gasteiger partial charge < -0.3 is 5.32 Å². The molecule has 1 atom stereocenters. The van der Waals surface area contributed by atoms with Gasteiger partial charge in [-0.3, -0.25) is 0 Å². The SMILES string of the molecule is CNC(Cc1ccccc1)c1ccc(C(C)(C)C)cc1. The van der Waals surface area contributed by atoms with Crippen molar-refractivity contribution in [1.29, 1.82) is 0 Å². The van der Waals surface area contributed by atoms with E-state index in [4.69, 9.17) is 0 Å². The summed E-state index contributed by atoms with van der Waals surface area (Å²) in [5, 5.41) is 3.43. The molecular formula is C19H25N. The first-order chi connectivity index (χ1) is 9.50. The number of hydrogen-bond acceptors (Lipinski definition) is 1. The Kier molecular flexibility index (Phi) is 4.61. The van der Waals surface area contributed by atoms with Crippen molar-refractivity contribution in [3.63, 3.8) is 0 Å². The molecule has 0 saturated heterocycles. The summed E-state index contributed by atoms with van der Waals surface area (Å²) in [4.78, 5) is 0. The molecule has 0 radical (unpaired) electrons. The molecule has 1 N–H and O–H groups in total. The van der Waals surface area contributed by atoms with Crippen LogP contribution in [0, 0.1) is 0 Å². The Labute approximate surface area is 123 Å². The molecule has 2 aromatic carbocycles. The van der Waals surface area contributed by atoms with Crippen molar-refractivity contribution in [2.45, 2.75) is 38.6 Å². The quantitative estimate of drug-likeness (QED) is 0.860. The Morgan fingerprint density at radius 2 is 1.50 bits per heavy atom. The molecule has 0 aliphatic heterocycles. The van der Waals surface area contributed by atoms with Gasteiger partial charge in [-0.1, -0.05) is 75.4 Å². The van der Waals surface area contributed by atoms with E-state index in [1.54, 1.807) is 0 Å². The first kappa shape index (κ1) is 14.8. The Bertz CT molecular complexity index is 520. The van der Waals surface area contributed by atoms with E-state index in [2.05, 4.69) is 80.7 Å². The topological polar surface area (TPSA) is 12.0 Å². The van der Waals surface area contributed by atoms with Crippen LogP contribution in [0.2, 0.25) is 0 Å². The van der Waals surface area contributed by atoms with Crippen LogP contribution in [0.1, 0.15) is 43.5 Å². The molecule has 106 valence electrons. The molecule has 0 aliphatic rings. The van der Waals surface area contributed by atoms with Crippen molar-refractivity contribution in [2.24, 2.45) is 0 Å². The van der Waals surface area contributed by atoms with E-state index >= 15 is 0 Å². The minimum Gasteiger partial charge on any atom is -0.313 e. The van der Waals surface area contributed by atoms with E-state index in [-0.39, 0.29) is 5.41 Å². The predicted molar refractivity (Wildman–Crippen MR) is 87.1 cm³/mol. The summed E-state index contributed by atoms with van der Waals surface area (Å²) in [5.74, 6) is 0. The standard InChI is InChI=1S/C19H25N/c1-19(2,3)17-12-10-16(11-13-17)18(20-4)14-15-8-6-5-7-9-15/h5-13,18,20H,14H2,1-4H3. The molecule has 0 aromatic heterocycles. The second-order valence-electron chi connectivity index (χ2n) is 6.40. The van der Waals surface area contributed by atoms with Gasteiger partial charge in [0.25, 0.3) is 0 Å². The molecule has 0 fully saturated rings. The van der Waals surface area contributed by atoms with Crippen LogP contribution in [0.25, 0.3) is 0 Å². The Morgan fingerprint density at radius 1 is 0.900 bits per heavy atom. The normalized spacial score (nSPS) is 13.2. The minimum atomic E-state index is 0.215. The van der Waals surface area contributed by atoms with E-state index in [0.717, 1.165) is 6.42 Å². The molecule has 0 bridgehead atoms. The highest BCUT2D eigenvalue weighted by atomic mass is 14.9. The maximum atomic E-state index is 3.43. The Morgan fingerprint density at radius 3 is 2.00 bits per heavy atom. The van der Waals surface area contributed by atoms with Crippen LogP contribution in [0.5, 0.6) is 0 Å². The van der Waals surface area contributed by atoms with Gasteiger partial charge in [0.05, 0.1) is 0 Å².